The summed E-state index contributed by atoms with van der Waals surface area (Å²) in [4.78, 5) is 10.2. The van der Waals surface area contributed by atoms with Crippen molar-refractivity contribution in [1.82, 2.24) is 20.1 Å². The Kier molecular flexibility index (Phi) is 12.3. The molecule has 0 aliphatic heterocycles. The second kappa shape index (κ2) is 16.6. The molecule has 1 fully saturated rings. The molecular weight excluding hydrogens is 576 g/mol. The highest BCUT2D eigenvalue weighted by atomic mass is 35.5. The van der Waals surface area contributed by atoms with Crippen LogP contribution in [-0.4, -0.2) is 42.0 Å². The summed E-state index contributed by atoms with van der Waals surface area (Å²) >= 11 is 6.22. The molecule has 1 heterocycles. The molecule has 0 radical (unpaired) electrons. The van der Waals surface area contributed by atoms with Crippen LogP contribution in [0.15, 0.2) is 89.3 Å². The largest absolute Gasteiger partial charge is 0.442 e. The molecule has 0 spiro atoms. The summed E-state index contributed by atoms with van der Waals surface area (Å²) < 4.78 is 6.74. The van der Waals surface area contributed by atoms with E-state index in [9.17, 15) is 0 Å². The highest BCUT2D eigenvalue weighted by Crippen LogP contribution is 2.43. The molecule has 5 rings (SSSR count). The van der Waals surface area contributed by atoms with Crippen molar-refractivity contribution in [2.24, 2.45) is 11.8 Å². The monoisotopic (exact) mass is 626 g/mol. The Balaban J connectivity index is 1.31. The minimum Gasteiger partial charge on any atom is -0.442 e. The summed E-state index contributed by atoms with van der Waals surface area (Å²) in [6.07, 6.45) is 6.82. The molecule has 1 aromatic heterocycles. The zero-order chi connectivity index (χ0) is 31.6. The van der Waals surface area contributed by atoms with Crippen LogP contribution in [0.5, 0.6) is 0 Å². The van der Waals surface area contributed by atoms with E-state index in [0.717, 1.165) is 54.8 Å². The lowest BCUT2D eigenvalue weighted by Crippen LogP contribution is -2.33. The lowest BCUT2D eigenvalue weighted by atomic mass is 9.74. The zero-order valence-corrected chi connectivity index (χ0v) is 28.3. The number of aromatic nitrogens is 1. The Morgan fingerprint density at radius 2 is 1.44 bits per heavy atom. The number of oxazole rings is 1. The number of hydrogen-bond donors (Lipinski definition) is 1. The van der Waals surface area contributed by atoms with Crippen LogP contribution < -0.4 is 5.32 Å². The lowest BCUT2D eigenvalue weighted by molar-refractivity contribution is 0.111. The van der Waals surface area contributed by atoms with Gasteiger partial charge in [-0.1, -0.05) is 111 Å². The molecule has 5 nitrogen and oxygen atoms in total. The van der Waals surface area contributed by atoms with Gasteiger partial charge >= 0.3 is 0 Å². The van der Waals surface area contributed by atoms with Crippen molar-refractivity contribution in [2.75, 3.05) is 27.2 Å². The molecule has 4 aromatic rings. The van der Waals surface area contributed by atoms with E-state index in [4.69, 9.17) is 21.0 Å². The Hall–Kier alpha value is -2.96. The number of hydrogen-bond acceptors (Lipinski definition) is 5. The van der Waals surface area contributed by atoms with Crippen molar-refractivity contribution >= 4 is 11.6 Å². The van der Waals surface area contributed by atoms with E-state index in [1.807, 2.05) is 12.1 Å². The normalized spacial score (nSPS) is 18.4. The first-order chi connectivity index (χ1) is 21.9. The average Bonchev–Trinajstić information content (AvgIpc) is 3.45. The Bertz CT molecular complexity index is 1410. The highest BCUT2D eigenvalue weighted by Gasteiger charge is 2.34. The second-order valence-corrected chi connectivity index (χ2v) is 13.3. The first-order valence-corrected chi connectivity index (χ1v) is 17.3. The van der Waals surface area contributed by atoms with Gasteiger partial charge in [0.15, 0.2) is 0 Å². The molecule has 2 atom stereocenters. The van der Waals surface area contributed by atoms with E-state index >= 15 is 0 Å². The minimum atomic E-state index is 0.180. The molecule has 2 unspecified atom stereocenters. The molecule has 1 saturated carbocycles. The van der Waals surface area contributed by atoms with Crippen LogP contribution in [-0.2, 0) is 19.5 Å². The summed E-state index contributed by atoms with van der Waals surface area (Å²) in [7, 11) is 4.42. The zero-order valence-electron chi connectivity index (χ0n) is 27.6. The average molecular weight is 627 g/mol. The third-order valence-corrected chi connectivity index (χ3v) is 9.92. The second-order valence-electron chi connectivity index (χ2n) is 12.9. The molecule has 45 heavy (non-hydrogen) atoms. The van der Waals surface area contributed by atoms with Crippen LogP contribution in [0.2, 0.25) is 5.02 Å². The van der Waals surface area contributed by atoms with Gasteiger partial charge in [-0.05, 0) is 87.1 Å². The molecule has 0 bridgehead atoms. The van der Waals surface area contributed by atoms with Gasteiger partial charge < -0.3 is 14.6 Å². The summed E-state index contributed by atoms with van der Waals surface area (Å²) in [6.45, 7) is 7.95. The first kappa shape index (κ1) is 33.4. The fourth-order valence-corrected chi connectivity index (χ4v) is 7.43. The van der Waals surface area contributed by atoms with Gasteiger partial charge in [-0.3, -0.25) is 4.90 Å². The molecule has 3 aromatic carbocycles. The number of nitrogens with one attached hydrogen (secondary N) is 1. The number of rotatable bonds is 15. The van der Waals surface area contributed by atoms with Crippen molar-refractivity contribution in [1.29, 1.82) is 0 Å². The van der Waals surface area contributed by atoms with Crippen molar-refractivity contribution in [3.8, 4) is 0 Å². The Morgan fingerprint density at radius 1 is 0.822 bits per heavy atom. The van der Waals surface area contributed by atoms with E-state index in [0.29, 0.717) is 24.4 Å². The van der Waals surface area contributed by atoms with Crippen molar-refractivity contribution in [3.63, 3.8) is 0 Å². The SMILES string of the molecule is CCN(CC)C(CC1CCC(C(c2ccc(Cl)cc2)N(C)C)CC1)c1nc(Cc2ccccc2)c(CNCc2ccccc2)o1. The first-order valence-electron chi connectivity index (χ1n) is 16.9. The number of nitrogens with zero attached hydrogens (tertiary/aromatic N) is 3. The van der Waals surface area contributed by atoms with Gasteiger partial charge in [-0.2, -0.15) is 0 Å². The molecule has 1 N–H and O–H groups in total. The minimum absolute atomic E-state index is 0.180. The fraction of sp³-hybridized carbons (Fsp3) is 0.462. The van der Waals surface area contributed by atoms with Gasteiger partial charge in [0.05, 0.1) is 18.3 Å². The summed E-state index contributed by atoms with van der Waals surface area (Å²) in [6, 6.07) is 30.3. The highest BCUT2D eigenvalue weighted by molar-refractivity contribution is 6.30. The maximum Gasteiger partial charge on any atom is 0.212 e. The van der Waals surface area contributed by atoms with Gasteiger partial charge in [-0.15, -0.1) is 0 Å². The van der Waals surface area contributed by atoms with Gasteiger partial charge in [-0.25, -0.2) is 4.98 Å². The predicted octanol–water partition coefficient (Wildman–Crippen LogP) is 9.09. The van der Waals surface area contributed by atoms with Crippen molar-refractivity contribution < 1.29 is 4.42 Å². The molecule has 0 saturated heterocycles. The van der Waals surface area contributed by atoms with E-state index in [2.05, 4.69) is 116 Å². The van der Waals surface area contributed by atoms with Gasteiger partial charge in [0.25, 0.3) is 0 Å². The van der Waals surface area contributed by atoms with E-state index in [1.54, 1.807) is 0 Å². The third-order valence-electron chi connectivity index (χ3n) is 9.67. The molecule has 0 amide bonds. The number of benzene rings is 3. The van der Waals surface area contributed by atoms with Gasteiger partial charge in [0.2, 0.25) is 5.89 Å². The van der Waals surface area contributed by atoms with Crippen LogP contribution in [0.3, 0.4) is 0 Å². The van der Waals surface area contributed by atoms with Crippen LogP contribution in [0, 0.1) is 11.8 Å². The fourth-order valence-electron chi connectivity index (χ4n) is 7.31. The standard InChI is InChI=1S/C39H51ClN4O/c1-5-44(6-2)36(26-30-17-19-32(20-18-30)38(43(3)4)33-21-23-34(40)24-22-33)39-42-35(25-29-13-9-7-10-14-29)37(45-39)28-41-27-31-15-11-8-12-16-31/h7-16,21-24,30,32,36,38,41H,5-6,17-20,25-28H2,1-4H3. The number of halogens is 1. The quantitative estimate of drug-likeness (QED) is 0.143. The molecule has 1 aliphatic rings. The summed E-state index contributed by atoms with van der Waals surface area (Å²) in [5.41, 5.74) is 4.95. The molecule has 240 valence electrons. The van der Waals surface area contributed by atoms with Crippen LogP contribution >= 0.6 is 11.6 Å². The molecular formula is C39H51ClN4O. The van der Waals surface area contributed by atoms with E-state index < -0.39 is 0 Å². The van der Waals surface area contributed by atoms with Gasteiger partial charge in [0, 0.05) is 24.0 Å². The maximum atomic E-state index is 6.74. The molecule has 1 aliphatic carbocycles. The smallest absolute Gasteiger partial charge is 0.212 e. The van der Waals surface area contributed by atoms with Crippen LogP contribution in [0.25, 0.3) is 0 Å². The third kappa shape index (κ3) is 9.07. The Labute approximate surface area is 276 Å². The van der Waals surface area contributed by atoms with Crippen LogP contribution in [0.4, 0.5) is 0 Å². The van der Waals surface area contributed by atoms with E-state index in [-0.39, 0.29) is 6.04 Å². The predicted molar refractivity (Wildman–Crippen MR) is 186 cm³/mol. The van der Waals surface area contributed by atoms with Crippen LogP contribution in [0.1, 0.15) is 92.1 Å². The summed E-state index contributed by atoms with van der Waals surface area (Å²) in [5.74, 6) is 3.15. The van der Waals surface area contributed by atoms with Crippen molar-refractivity contribution in [3.05, 3.63) is 124 Å². The maximum absolute atomic E-state index is 6.74. The summed E-state index contributed by atoms with van der Waals surface area (Å²) in [5, 5.41) is 4.42. The topological polar surface area (TPSA) is 44.5 Å². The van der Waals surface area contributed by atoms with E-state index in [1.165, 1.54) is 42.4 Å². The van der Waals surface area contributed by atoms with Crippen molar-refractivity contribution in [2.45, 2.75) is 77.5 Å². The molecule has 6 heteroatoms. The Morgan fingerprint density at radius 3 is 2.04 bits per heavy atom. The lowest BCUT2D eigenvalue weighted by Gasteiger charge is -2.39. The van der Waals surface area contributed by atoms with Gasteiger partial charge in [0.1, 0.15) is 5.76 Å².